The summed E-state index contributed by atoms with van der Waals surface area (Å²) in [6.45, 7) is 3.12. The largest absolute Gasteiger partial charge is 0.445 e. The number of likely N-dealkylation sites (tertiary alicyclic amines) is 1. The number of hydrogen-bond donors (Lipinski definition) is 1. The number of hydrogen-bond acceptors (Lipinski definition) is 4. The predicted molar refractivity (Wildman–Crippen MR) is 125 cm³/mol. The van der Waals surface area contributed by atoms with E-state index >= 15 is 0 Å². The van der Waals surface area contributed by atoms with Gasteiger partial charge in [0.1, 0.15) is 18.2 Å². The van der Waals surface area contributed by atoms with Gasteiger partial charge in [-0.05, 0) is 67.3 Å². The van der Waals surface area contributed by atoms with Crippen LogP contribution in [0.5, 0.6) is 0 Å². The second kappa shape index (κ2) is 11.4. The second-order valence-electron chi connectivity index (χ2n) is 9.45. The number of benzene rings is 2. The maximum atomic E-state index is 13.2. The van der Waals surface area contributed by atoms with Gasteiger partial charge in [0.25, 0.3) is 0 Å². The number of halogens is 1. The number of Topliss-reactive ketones (excluding diaryl/α,β-unsaturated/α-hetero) is 1. The number of amides is 1. The zero-order chi connectivity index (χ0) is 23.0. The molecule has 3 atom stereocenters. The number of nitrogens with zero attached hydrogens (tertiary/aromatic N) is 1. The first kappa shape index (κ1) is 23.4. The molecule has 1 amide bonds. The van der Waals surface area contributed by atoms with Crippen molar-refractivity contribution in [3.63, 3.8) is 0 Å². The Morgan fingerprint density at radius 3 is 2.64 bits per heavy atom. The van der Waals surface area contributed by atoms with E-state index in [0.29, 0.717) is 18.8 Å². The molecule has 1 aliphatic carbocycles. The van der Waals surface area contributed by atoms with Crippen LogP contribution in [0.1, 0.15) is 43.2 Å². The summed E-state index contributed by atoms with van der Waals surface area (Å²) in [7, 11) is 0. The van der Waals surface area contributed by atoms with Crippen molar-refractivity contribution < 1.29 is 18.7 Å². The fourth-order valence-electron chi connectivity index (χ4n) is 5.13. The summed E-state index contributed by atoms with van der Waals surface area (Å²) >= 11 is 0. The standard InChI is InChI=1S/C27H33FN2O3/c28-24-11-8-20(9-12-24)15-22-7-4-14-30(17-22)18-23-10-13-25(31)16-26(23)29-27(32)33-19-21-5-2-1-3-6-21/h1-3,5-6,8-9,11-12,22-23,26H,4,7,10,13-19H2,(H,29,32). The lowest BCUT2D eigenvalue weighted by atomic mass is 9.82. The first-order chi connectivity index (χ1) is 16.0. The van der Waals surface area contributed by atoms with Crippen molar-refractivity contribution in [3.8, 4) is 0 Å². The van der Waals surface area contributed by atoms with Gasteiger partial charge in [-0.3, -0.25) is 4.79 Å². The summed E-state index contributed by atoms with van der Waals surface area (Å²) in [5.41, 5.74) is 2.11. The molecule has 1 aliphatic heterocycles. The maximum Gasteiger partial charge on any atom is 0.407 e. The van der Waals surface area contributed by atoms with Crippen molar-refractivity contribution in [1.82, 2.24) is 10.2 Å². The molecular weight excluding hydrogens is 419 g/mol. The number of alkyl carbamates (subject to hydrolysis) is 1. The van der Waals surface area contributed by atoms with Crippen molar-refractivity contribution >= 4 is 11.9 Å². The van der Waals surface area contributed by atoms with Crippen LogP contribution in [0.2, 0.25) is 0 Å². The third-order valence-corrected chi connectivity index (χ3v) is 6.86. The minimum Gasteiger partial charge on any atom is -0.445 e. The molecule has 2 aromatic rings. The van der Waals surface area contributed by atoms with Gasteiger partial charge in [-0.25, -0.2) is 9.18 Å². The van der Waals surface area contributed by atoms with Crippen molar-refractivity contribution in [2.45, 2.75) is 51.2 Å². The van der Waals surface area contributed by atoms with E-state index in [0.717, 1.165) is 44.5 Å². The van der Waals surface area contributed by atoms with Crippen LogP contribution in [0.25, 0.3) is 0 Å². The van der Waals surface area contributed by atoms with Crippen LogP contribution in [0, 0.1) is 17.7 Å². The smallest absolute Gasteiger partial charge is 0.407 e. The third kappa shape index (κ3) is 7.13. The Balaban J connectivity index is 1.29. The number of carbonyl (C=O) groups is 2. The van der Waals surface area contributed by atoms with Gasteiger partial charge in [0.2, 0.25) is 0 Å². The molecule has 0 aromatic heterocycles. The molecule has 2 aromatic carbocycles. The molecule has 2 fully saturated rings. The number of nitrogens with one attached hydrogen (secondary N) is 1. The van der Waals surface area contributed by atoms with Gasteiger partial charge in [-0.1, -0.05) is 42.5 Å². The van der Waals surface area contributed by atoms with Gasteiger partial charge in [-0.15, -0.1) is 0 Å². The number of ether oxygens (including phenoxy) is 1. The van der Waals surface area contributed by atoms with E-state index in [1.807, 2.05) is 42.5 Å². The number of ketones is 1. The highest BCUT2D eigenvalue weighted by Gasteiger charge is 2.33. The summed E-state index contributed by atoms with van der Waals surface area (Å²) in [5, 5.41) is 2.97. The molecule has 6 heteroatoms. The molecule has 4 rings (SSSR count). The summed E-state index contributed by atoms with van der Waals surface area (Å²) in [6.07, 6.45) is 4.54. The molecule has 1 saturated heterocycles. The SMILES string of the molecule is O=C1CCC(CN2CCCC(Cc3ccc(F)cc3)C2)C(NC(=O)OCc2ccccc2)C1. The highest BCUT2D eigenvalue weighted by molar-refractivity contribution is 5.80. The van der Waals surface area contributed by atoms with Crippen molar-refractivity contribution in [3.05, 3.63) is 71.5 Å². The highest BCUT2D eigenvalue weighted by atomic mass is 19.1. The molecule has 1 saturated carbocycles. The molecule has 5 nitrogen and oxygen atoms in total. The maximum absolute atomic E-state index is 13.2. The van der Waals surface area contributed by atoms with Crippen LogP contribution in [-0.2, 0) is 22.6 Å². The summed E-state index contributed by atoms with van der Waals surface area (Å²) < 4.78 is 18.6. The van der Waals surface area contributed by atoms with E-state index in [-0.39, 0.29) is 30.2 Å². The molecule has 2 aliphatic rings. The Labute approximate surface area is 195 Å². The number of rotatable bonds is 7. The number of carbonyl (C=O) groups excluding carboxylic acids is 2. The van der Waals surface area contributed by atoms with E-state index in [9.17, 15) is 14.0 Å². The molecule has 0 bridgehead atoms. The topological polar surface area (TPSA) is 58.6 Å². The van der Waals surface area contributed by atoms with Gasteiger partial charge in [0.15, 0.2) is 0 Å². The van der Waals surface area contributed by atoms with Crippen LogP contribution in [0.15, 0.2) is 54.6 Å². The summed E-state index contributed by atoms with van der Waals surface area (Å²) in [5.74, 6) is 0.775. The van der Waals surface area contributed by atoms with Crippen LogP contribution in [0.3, 0.4) is 0 Å². The Morgan fingerprint density at radius 1 is 1.06 bits per heavy atom. The fourth-order valence-corrected chi connectivity index (χ4v) is 5.13. The summed E-state index contributed by atoms with van der Waals surface area (Å²) in [6, 6.07) is 16.2. The van der Waals surface area contributed by atoms with Gasteiger partial charge >= 0.3 is 6.09 Å². The molecule has 1 heterocycles. The lowest BCUT2D eigenvalue weighted by molar-refractivity contribution is -0.121. The molecule has 3 unspecified atom stereocenters. The Kier molecular flexibility index (Phi) is 8.10. The lowest BCUT2D eigenvalue weighted by Crippen LogP contribution is -2.49. The normalized spacial score (nSPS) is 23.8. The molecule has 0 spiro atoms. The van der Waals surface area contributed by atoms with Crippen LogP contribution < -0.4 is 5.32 Å². The predicted octanol–water partition coefficient (Wildman–Crippen LogP) is 4.74. The number of piperidine rings is 1. The average molecular weight is 453 g/mol. The minimum atomic E-state index is -0.462. The van der Waals surface area contributed by atoms with Gasteiger partial charge in [0, 0.05) is 32.0 Å². The van der Waals surface area contributed by atoms with E-state index in [1.165, 1.54) is 24.1 Å². The fraction of sp³-hybridized carbons (Fsp3) is 0.481. The zero-order valence-electron chi connectivity index (χ0n) is 19.0. The Bertz CT molecular complexity index is 919. The van der Waals surface area contributed by atoms with Gasteiger partial charge in [-0.2, -0.15) is 0 Å². The van der Waals surface area contributed by atoms with Crippen LogP contribution in [-0.4, -0.2) is 42.5 Å². The van der Waals surface area contributed by atoms with Gasteiger partial charge in [0.05, 0.1) is 0 Å². The van der Waals surface area contributed by atoms with E-state index in [2.05, 4.69) is 10.2 Å². The quantitative estimate of drug-likeness (QED) is 0.659. The first-order valence-electron chi connectivity index (χ1n) is 12.0. The van der Waals surface area contributed by atoms with E-state index < -0.39 is 6.09 Å². The van der Waals surface area contributed by atoms with Crippen LogP contribution in [0.4, 0.5) is 9.18 Å². The van der Waals surface area contributed by atoms with Crippen molar-refractivity contribution in [2.24, 2.45) is 11.8 Å². The van der Waals surface area contributed by atoms with Crippen LogP contribution >= 0.6 is 0 Å². The zero-order valence-corrected chi connectivity index (χ0v) is 19.0. The van der Waals surface area contributed by atoms with Crippen molar-refractivity contribution in [2.75, 3.05) is 19.6 Å². The third-order valence-electron chi connectivity index (χ3n) is 6.86. The Hall–Kier alpha value is -2.73. The monoisotopic (exact) mass is 452 g/mol. The highest BCUT2D eigenvalue weighted by Crippen LogP contribution is 2.27. The average Bonchev–Trinajstić information content (AvgIpc) is 2.82. The Morgan fingerprint density at radius 2 is 1.85 bits per heavy atom. The molecule has 0 radical (unpaired) electrons. The molecule has 1 N–H and O–H groups in total. The molecule has 33 heavy (non-hydrogen) atoms. The lowest BCUT2D eigenvalue weighted by Gasteiger charge is -2.39. The molecular formula is C27H33FN2O3. The summed E-state index contributed by atoms with van der Waals surface area (Å²) in [4.78, 5) is 27.0. The minimum absolute atomic E-state index is 0.188. The second-order valence-corrected chi connectivity index (χ2v) is 9.45. The van der Waals surface area contributed by atoms with Gasteiger partial charge < -0.3 is 15.0 Å². The molecule has 176 valence electrons. The first-order valence-corrected chi connectivity index (χ1v) is 12.0. The van der Waals surface area contributed by atoms with Crippen molar-refractivity contribution in [1.29, 1.82) is 0 Å². The van der Waals surface area contributed by atoms with E-state index in [1.54, 1.807) is 0 Å². The van der Waals surface area contributed by atoms with E-state index in [4.69, 9.17) is 4.74 Å².